The molecule has 2 aromatic rings. The van der Waals surface area contributed by atoms with Gasteiger partial charge in [-0.2, -0.15) is 0 Å². The zero-order valence-electron chi connectivity index (χ0n) is 19.7. The smallest absolute Gasteiger partial charge is 0.271 e. The van der Waals surface area contributed by atoms with Crippen LogP contribution in [0.1, 0.15) is 18.9 Å². The van der Waals surface area contributed by atoms with E-state index in [2.05, 4.69) is 5.32 Å². The summed E-state index contributed by atoms with van der Waals surface area (Å²) in [6.07, 6.45) is 1.14. The molecular formula is C22H27ClN4O7S. The molecule has 1 unspecified atom stereocenters. The fraction of sp³-hybridized carbons (Fsp3) is 0.364. The summed E-state index contributed by atoms with van der Waals surface area (Å²) < 4.78 is 31.3. The van der Waals surface area contributed by atoms with Gasteiger partial charge in [0, 0.05) is 30.7 Å². The van der Waals surface area contributed by atoms with Crippen molar-refractivity contribution in [2.45, 2.75) is 25.9 Å². The molecule has 0 saturated carbocycles. The third kappa shape index (κ3) is 7.06. The Morgan fingerprint density at radius 2 is 1.83 bits per heavy atom. The van der Waals surface area contributed by atoms with E-state index in [1.807, 2.05) is 0 Å². The van der Waals surface area contributed by atoms with Gasteiger partial charge in [0.2, 0.25) is 21.8 Å². The first-order valence-electron chi connectivity index (χ1n) is 10.5. The molecule has 0 aliphatic rings. The Morgan fingerprint density at radius 3 is 2.31 bits per heavy atom. The second-order valence-electron chi connectivity index (χ2n) is 7.57. The van der Waals surface area contributed by atoms with Gasteiger partial charge < -0.3 is 15.0 Å². The Bertz CT molecular complexity index is 1190. The van der Waals surface area contributed by atoms with Gasteiger partial charge in [-0.1, -0.05) is 30.7 Å². The maximum Gasteiger partial charge on any atom is 0.271 e. The SMILES string of the molecule is CCC(C(=O)NC)N(Cc1ccc(Cl)cc1)C(=O)CN(c1cc([N+](=O)[O-])ccc1OC)S(C)(=O)=O. The van der Waals surface area contributed by atoms with Gasteiger partial charge in [0.1, 0.15) is 24.0 Å². The number of nitro benzene ring substituents is 1. The summed E-state index contributed by atoms with van der Waals surface area (Å²) in [4.78, 5) is 37.9. The van der Waals surface area contributed by atoms with Crippen molar-refractivity contribution in [3.8, 4) is 5.75 Å². The minimum atomic E-state index is -4.09. The molecule has 2 rings (SSSR count). The summed E-state index contributed by atoms with van der Waals surface area (Å²) in [5, 5.41) is 14.3. The summed E-state index contributed by atoms with van der Waals surface area (Å²) >= 11 is 5.95. The van der Waals surface area contributed by atoms with Crippen LogP contribution in [0.2, 0.25) is 5.02 Å². The highest BCUT2D eigenvalue weighted by molar-refractivity contribution is 7.92. The van der Waals surface area contributed by atoms with E-state index in [-0.39, 0.29) is 30.1 Å². The number of hydrogen-bond donors (Lipinski definition) is 1. The zero-order chi connectivity index (χ0) is 26.3. The van der Waals surface area contributed by atoms with E-state index in [1.165, 1.54) is 25.1 Å². The number of nitrogens with one attached hydrogen (secondary N) is 1. The lowest BCUT2D eigenvalue weighted by atomic mass is 10.1. The number of methoxy groups -OCH3 is 1. The molecule has 1 atom stereocenters. The largest absolute Gasteiger partial charge is 0.495 e. The van der Waals surface area contributed by atoms with Gasteiger partial charge in [0.15, 0.2) is 0 Å². The maximum atomic E-state index is 13.5. The standard InChI is InChI=1S/C22H27ClN4O7S/c1-5-18(22(29)24-2)25(13-15-6-8-16(23)9-7-15)21(28)14-26(35(4,32)33)19-12-17(27(30)31)10-11-20(19)34-3/h6-12,18H,5,13-14H2,1-4H3,(H,24,29). The van der Waals surface area contributed by atoms with E-state index in [0.29, 0.717) is 10.6 Å². The van der Waals surface area contributed by atoms with Crippen molar-refractivity contribution in [1.29, 1.82) is 0 Å². The number of benzene rings is 2. The van der Waals surface area contributed by atoms with E-state index in [4.69, 9.17) is 16.3 Å². The van der Waals surface area contributed by atoms with Crippen molar-refractivity contribution < 1.29 is 27.7 Å². The summed E-state index contributed by atoms with van der Waals surface area (Å²) in [7, 11) is -1.38. The van der Waals surface area contributed by atoms with Gasteiger partial charge in [-0.05, 0) is 30.2 Å². The minimum Gasteiger partial charge on any atom is -0.495 e. The van der Waals surface area contributed by atoms with E-state index in [9.17, 15) is 28.1 Å². The fourth-order valence-electron chi connectivity index (χ4n) is 3.45. The topological polar surface area (TPSA) is 139 Å². The van der Waals surface area contributed by atoms with Crippen LogP contribution in [0.25, 0.3) is 0 Å². The molecule has 11 nitrogen and oxygen atoms in total. The summed E-state index contributed by atoms with van der Waals surface area (Å²) in [5.74, 6) is -1.08. The highest BCUT2D eigenvalue weighted by Crippen LogP contribution is 2.34. The molecule has 0 aliphatic heterocycles. The van der Waals surface area contributed by atoms with Crippen LogP contribution in [0.4, 0.5) is 11.4 Å². The summed E-state index contributed by atoms with van der Waals surface area (Å²) in [6, 6.07) is 9.20. The number of carbonyl (C=O) groups is 2. The van der Waals surface area contributed by atoms with Crippen molar-refractivity contribution in [3.05, 3.63) is 63.2 Å². The number of hydrogen-bond acceptors (Lipinski definition) is 7. The Kier molecular flexibility index (Phi) is 9.43. The highest BCUT2D eigenvalue weighted by atomic mass is 35.5. The number of anilines is 1. The maximum absolute atomic E-state index is 13.5. The second kappa shape index (κ2) is 11.8. The van der Waals surface area contributed by atoms with Crippen LogP contribution >= 0.6 is 11.6 Å². The molecule has 2 amide bonds. The average molecular weight is 527 g/mol. The lowest BCUT2D eigenvalue weighted by Gasteiger charge is -2.32. The van der Waals surface area contributed by atoms with Gasteiger partial charge in [0.05, 0.1) is 18.3 Å². The number of carbonyl (C=O) groups excluding carboxylic acids is 2. The molecule has 0 saturated heterocycles. The minimum absolute atomic E-state index is 0.00556. The molecule has 0 aliphatic carbocycles. The van der Waals surface area contributed by atoms with Crippen molar-refractivity contribution in [2.75, 3.05) is 31.3 Å². The van der Waals surface area contributed by atoms with Crippen LogP contribution in [0.3, 0.4) is 0 Å². The second-order valence-corrected chi connectivity index (χ2v) is 9.91. The summed E-state index contributed by atoms with van der Waals surface area (Å²) in [5.41, 5.74) is 0.123. The Labute approximate surface area is 208 Å². The molecule has 2 aromatic carbocycles. The van der Waals surface area contributed by atoms with Gasteiger partial charge in [0.25, 0.3) is 5.69 Å². The number of likely N-dealkylation sites (N-methyl/N-ethyl adjacent to an activating group) is 1. The lowest BCUT2D eigenvalue weighted by Crippen LogP contribution is -2.51. The van der Waals surface area contributed by atoms with Crippen LogP contribution in [-0.2, 0) is 26.2 Å². The number of nitrogens with zero attached hydrogens (tertiary/aromatic N) is 3. The number of non-ortho nitro benzene ring substituents is 1. The van der Waals surface area contributed by atoms with Crippen molar-refractivity contribution in [2.24, 2.45) is 0 Å². The van der Waals surface area contributed by atoms with Gasteiger partial charge in [-0.25, -0.2) is 8.42 Å². The predicted molar refractivity (Wildman–Crippen MR) is 132 cm³/mol. The number of amides is 2. The van der Waals surface area contributed by atoms with Crippen molar-refractivity contribution in [1.82, 2.24) is 10.2 Å². The monoisotopic (exact) mass is 526 g/mol. The molecular weight excluding hydrogens is 500 g/mol. The molecule has 0 aromatic heterocycles. The molecule has 35 heavy (non-hydrogen) atoms. The zero-order valence-corrected chi connectivity index (χ0v) is 21.3. The first kappa shape index (κ1) is 27.9. The number of sulfonamides is 1. The van der Waals surface area contributed by atoms with Crippen LogP contribution in [0.5, 0.6) is 5.75 Å². The number of halogens is 1. The van der Waals surface area contributed by atoms with Gasteiger partial charge in [-0.3, -0.25) is 24.0 Å². The van der Waals surface area contributed by atoms with Crippen LogP contribution in [0.15, 0.2) is 42.5 Å². The predicted octanol–water partition coefficient (Wildman–Crippen LogP) is 2.58. The quantitative estimate of drug-likeness (QED) is 0.350. The van der Waals surface area contributed by atoms with Crippen molar-refractivity contribution >= 4 is 44.8 Å². The Balaban J connectivity index is 2.54. The molecule has 13 heteroatoms. The number of rotatable bonds is 11. The molecule has 0 radical (unpaired) electrons. The first-order chi connectivity index (χ1) is 16.4. The fourth-order valence-corrected chi connectivity index (χ4v) is 4.43. The molecule has 0 bridgehead atoms. The summed E-state index contributed by atoms with van der Waals surface area (Å²) in [6.45, 7) is 1.02. The molecule has 0 fully saturated rings. The third-order valence-corrected chi connectivity index (χ3v) is 6.60. The van der Waals surface area contributed by atoms with Gasteiger partial charge in [-0.15, -0.1) is 0 Å². The highest BCUT2D eigenvalue weighted by Gasteiger charge is 2.32. The average Bonchev–Trinajstić information content (AvgIpc) is 2.82. The Hall–Kier alpha value is -3.38. The van der Waals surface area contributed by atoms with E-state index < -0.39 is 39.3 Å². The molecule has 0 heterocycles. The van der Waals surface area contributed by atoms with Crippen LogP contribution in [-0.4, -0.2) is 63.1 Å². The molecule has 1 N–H and O–H groups in total. The van der Waals surface area contributed by atoms with E-state index in [0.717, 1.165) is 22.7 Å². The van der Waals surface area contributed by atoms with Crippen LogP contribution < -0.4 is 14.4 Å². The normalized spacial score (nSPS) is 11.9. The van der Waals surface area contributed by atoms with Gasteiger partial charge >= 0.3 is 0 Å². The van der Waals surface area contributed by atoms with Crippen molar-refractivity contribution in [3.63, 3.8) is 0 Å². The van der Waals surface area contributed by atoms with Crippen LogP contribution in [0, 0.1) is 10.1 Å². The first-order valence-corrected chi connectivity index (χ1v) is 12.7. The molecule has 0 spiro atoms. The Morgan fingerprint density at radius 1 is 1.20 bits per heavy atom. The number of ether oxygens (including phenoxy) is 1. The van der Waals surface area contributed by atoms with E-state index >= 15 is 0 Å². The third-order valence-electron chi connectivity index (χ3n) is 5.22. The molecule has 190 valence electrons. The number of nitro groups is 1. The van der Waals surface area contributed by atoms with E-state index in [1.54, 1.807) is 31.2 Å². The lowest BCUT2D eigenvalue weighted by molar-refractivity contribution is -0.384.